The Kier molecular flexibility index (Phi) is 5.62. The summed E-state index contributed by atoms with van der Waals surface area (Å²) in [6.07, 6.45) is 1.67. The van der Waals surface area contributed by atoms with Crippen LogP contribution in [0.1, 0.15) is 0 Å². The van der Waals surface area contributed by atoms with Crippen molar-refractivity contribution >= 4 is 48.8 Å². The number of anilines is 4. The van der Waals surface area contributed by atoms with Crippen LogP contribution < -0.4 is 14.9 Å². The second kappa shape index (κ2) is 7.93. The zero-order valence-electron chi connectivity index (χ0n) is 14.7. The van der Waals surface area contributed by atoms with Crippen LogP contribution in [0.25, 0.3) is 0 Å². The van der Waals surface area contributed by atoms with Crippen molar-refractivity contribution in [3.05, 3.63) is 65.3 Å². The summed E-state index contributed by atoms with van der Waals surface area (Å²) < 4.78 is 28.1. The fourth-order valence-corrected chi connectivity index (χ4v) is 4.37. The molecule has 0 aliphatic carbocycles. The monoisotopic (exact) mass is 447 g/mol. The van der Waals surface area contributed by atoms with Gasteiger partial charge in [-0.1, -0.05) is 12.1 Å². The van der Waals surface area contributed by atoms with Crippen molar-refractivity contribution in [3.8, 4) is 0 Å². The lowest BCUT2D eigenvalue weighted by Crippen LogP contribution is -2.13. The van der Waals surface area contributed by atoms with Gasteiger partial charge in [0.2, 0.25) is 0 Å². The van der Waals surface area contributed by atoms with Crippen LogP contribution in [-0.4, -0.2) is 32.7 Å². The summed E-state index contributed by atoms with van der Waals surface area (Å²) >= 11 is 3.26. The van der Waals surface area contributed by atoms with Crippen molar-refractivity contribution in [3.63, 3.8) is 0 Å². The van der Waals surface area contributed by atoms with Gasteiger partial charge in [0, 0.05) is 36.0 Å². The first kappa shape index (κ1) is 19.1. The molecule has 7 nitrogen and oxygen atoms in total. The molecule has 2 N–H and O–H groups in total. The Hall–Kier alpha value is -2.65. The first-order valence-electron chi connectivity index (χ1n) is 8.00. The highest BCUT2D eigenvalue weighted by atomic mass is 79.9. The third-order valence-corrected chi connectivity index (χ3v) is 6.09. The van der Waals surface area contributed by atoms with Crippen molar-refractivity contribution in [2.24, 2.45) is 0 Å². The molecular weight excluding hydrogens is 430 g/mol. The Morgan fingerprint density at radius 3 is 2.33 bits per heavy atom. The molecule has 1 aromatic heterocycles. The van der Waals surface area contributed by atoms with Gasteiger partial charge in [0.15, 0.2) is 5.82 Å². The molecule has 9 heteroatoms. The predicted octanol–water partition coefficient (Wildman–Crippen LogP) is 3.85. The average Bonchev–Trinajstić information content (AvgIpc) is 2.63. The lowest BCUT2D eigenvalue weighted by molar-refractivity contribution is 0.601. The van der Waals surface area contributed by atoms with Crippen molar-refractivity contribution in [1.82, 2.24) is 10.2 Å². The Balaban J connectivity index is 1.74. The molecule has 0 bridgehead atoms. The van der Waals surface area contributed by atoms with Gasteiger partial charge in [-0.25, -0.2) is 8.42 Å². The standard InChI is InChI=1S/C18H18BrN5O2S/c1-24(2)15-11-18(22-20-12-15)21-13-7-9-14(10-8-13)23-27(25,26)17-6-4-3-5-16(17)19/h3-12,23H,1-2H3,(H,21,22). The maximum atomic E-state index is 12.5. The van der Waals surface area contributed by atoms with Crippen LogP contribution in [0.15, 0.2) is 70.2 Å². The molecule has 0 amide bonds. The topological polar surface area (TPSA) is 87.2 Å². The fourth-order valence-electron chi connectivity index (χ4n) is 2.30. The average molecular weight is 448 g/mol. The van der Waals surface area contributed by atoms with Crippen LogP contribution in [0.4, 0.5) is 22.9 Å². The molecular formula is C18H18BrN5O2S. The van der Waals surface area contributed by atoms with E-state index in [0.29, 0.717) is 16.0 Å². The van der Waals surface area contributed by atoms with Gasteiger partial charge >= 0.3 is 0 Å². The SMILES string of the molecule is CN(C)c1cnnc(Nc2ccc(NS(=O)(=O)c3ccccc3Br)cc2)c1. The van der Waals surface area contributed by atoms with Gasteiger partial charge in [-0.3, -0.25) is 4.72 Å². The molecule has 1 heterocycles. The van der Waals surface area contributed by atoms with Gasteiger partial charge < -0.3 is 10.2 Å². The molecule has 2 aromatic carbocycles. The smallest absolute Gasteiger partial charge is 0.263 e. The highest BCUT2D eigenvalue weighted by Gasteiger charge is 2.17. The van der Waals surface area contributed by atoms with E-state index < -0.39 is 10.0 Å². The molecule has 0 atom stereocenters. The van der Waals surface area contributed by atoms with Crippen molar-refractivity contribution in [2.75, 3.05) is 29.0 Å². The van der Waals surface area contributed by atoms with E-state index in [4.69, 9.17) is 0 Å². The molecule has 27 heavy (non-hydrogen) atoms. The molecule has 3 aromatic rings. The van der Waals surface area contributed by atoms with Gasteiger partial charge in [-0.05, 0) is 52.3 Å². The number of halogens is 1. The van der Waals surface area contributed by atoms with E-state index in [2.05, 4.69) is 36.2 Å². The number of aromatic nitrogens is 2. The quantitative estimate of drug-likeness (QED) is 0.596. The molecule has 3 rings (SSSR count). The summed E-state index contributed by atoms with van der Waals surface area (Å²) in [4.78, 5) is 2.11. The van der Waals surface area contributed by atoms with E-state index in [1.54, 1.807) is 54.7 Å². The highest BCUT2D eigenvalue weighted by molar-refractivity contribution is 9.10. The molecule has 140 valence electrons. The minimum atomic E-state index is -3.68. The fraction of sp³-hybridized carbons (Fsp3) is 0.111. The minimum absolute atomic E-state index is 0.183. The molecule has 0 unspecified atom stereocenters. The van der Waals surface area contributed by atoms with E-state index in [1.807, 2.05) is 25.1 Å². The van der Waals surface area contributed by atoms with Crippen LogP contribution in [0, 0.1) is 0 Å². The van der Waals surface area contributed by atoms with E-state index in [-0.39, 0.29) is 4.90 Å². The second-order valence-electron chi connectivity index (χ2n) is 5.93. The van der Waals surface area contributed by atoms with Gasteiger partial charge in [0.05, 0.1) is 11.9 Å². The van der Waals surface area contributed by atoms with Crippen LogP contribution in [-0.2, 0) is 10.0 Å². The molecule has 0 fully saturated rings. The summed E-state index contributed by atoms with van der Waals surface area (Å²) in [6.45, 7) is 0. The summed E-state index contributed by atoms with van der Waals surface area (Å²) in [6, 6.07) is 15.4. The first-order chi connectivity index (χ1) is 12.8. The normalized spacial score (nSPS) is 11.1. The van der Waals surface area contributed by atoms with Crippen LogP contribution in [0.5, 0.6) is 0 Å². The first-order valence-corrected chi connectivity index (χ1v) is 10.3. The zero-order valence-corrected chi connectivity index (χ0v) is 17.1. The number of nitrogens with one attached hydrogen (secondary N) is 2. The number of sulfonamides is 1. The highest BCUT2D eigenvalue weighted by Crippen LogP contribution is 2.25. The second-order valence-corrected chi connectivity index (χ2v) is 8.44. The maximum Gasteiger partial charge on any atom is 0.263 e. The number of nitrogens with zero attached hydrogens (tertiary/aromatic N) is 3. The van der Waals surface area contributed by atoms with E-state index in [9.17, 15) is 8.42 Å². The maximum absolute atomic E-state index is 12.5. The number of hydrogen-bond donors (Lipinski definition) is 2. The minimum Gasteiger partial charge on any atom is -0.376 e. The molecule has 0 aliphatic heterocycles. The van der Waals surface area contributed by atoms with Gasteiger partial charge in [-0.15, -0.1) is 5.10 Å². The summed E-state index contributed by atoms with van der Waals surface area (Å²) in [5.74, 6) is 0.600. The molecule has 0 aliphatic rings. The van der Waals surface area contributed by atoms with E-state index >= 15 is 0 Å². The number of hydrogen-bond acceptors (Lipinski definition) is 6. The van der Waals surface area contributed by atoms with Gasteiger partial charge in [-0.2, -0.15) is 5.10 Å². The Morgan fingerprint density at radius 2 is 1.67 bits per heavy atom. The Morgan fingerprint density at radius 1 is 1.00 bits per heavy atom. The predicted molar refractivity (Wildman–Crippen MR) is 111 cm³/mol. The largest absolute Gasteiger partial charge is 0.376 e. The molecule has 0 saturated carbocycles. The molecule has 0 radical (unpaired) electrons. The lowest BCUT2D eigenvalue weighted by atomic mass is 10.3. The summed E-state index contributed by atoms with van der Waals surface area (Å²) in [7, 11) is 0.171. The number of rotatable bonds is 6. The van der Waals surface area contributed by atoms with E-state index in [0.717, 1.165) is 11.4 Å². The Labute approximate surface area is 166 Å². The number of benzene rings is 2. The third kappa shape index (κ3) is 4.75. The summed E-state index contributed by atoms with van der Waals surface area (Å²) in [5, 5.41) is 11.1. The molecule has 0 spiro atoms. The van der Waals surface area contributed by atoms with Crippen molar-refractivity contribution in [2.45, 2.75) is 4.90 Å². The molecule has 0 saturated heterocycles. The van der Waals surface area contributed by atoms with Gasteiger partial charge in [0.1, 0.15) is 4.90 Å². The Bertz CT molecular complexity index is 1040. The van der Waals surface area contributed by atoms with Crippen LogP contribution in [0.2, 0.25) is 0 Å². The summed E-state index contributed by atoms with van der Waals surface area (Å²) in [5.41, 5.74) is 2.15. The van der Waals surface area contributed by atoms with Crippen molar-refractivity contribution in [1.29, 1.82) is 0 Å². The van der Waals surface area contributed by atoms with Crippen molar-refractivity contribution < 1.29 is 8.42 Å². The lowest BCUT2D eigenvalue weighted by Gasteiger charge is -2.13. The zero-order chi connectivity index (χ0) is 19.4. The van der Waals surface area contributed by atoms with Crippen LogP contribution >= 0.6 is 15.9 Å². The third-order valence-electron chi connectivity index (χ3n) is 3.69. The van der Waals surface area contributed by atoms with E-state index in [1.165, 1.54) is 0 Å². The van der Waals surface area contributed by atoms with Gasteiger partial charge in [0.25, 0.3) is 10.0 Å². The van der Waals surface area contributed by atoms with Crippen LogP contribution in [0.3, 0.4) is 0 Å².